The molecule has 2 aromatic rings. The second-order valence-corrected chi connectivity index (χ2v) is 20.7. The van der Waals surface area contributed by atoms with Crippen LogP contribution in [0.1, 0.15) is 85.8 Å². The average Bonchev–Trinajstić information content (AvgIpc) is 3.65. The number of carbonyl (C=O) groups excluding carboxylic acids is 5. The van der Waals surface area contributed by atoms with Crippen LogP contribution in [-0.2, 0) is 52.8 Å². The first kappa shape index (κ1) is 43.9. The molecule has 5 atom stereocenters. The van der Waals surface area contributed by atoms with Crippen molar-refractivity contribution in [2.24, 2.45) is 11.8 Å². The van der Waals surface area contributed by atoms with Gasteiger partial charge in [0.2, 0.25) is 12.4 Å². The number of amides is 2. The Morgan fingerprint density at radius 2 is 1.75 bits per heavy atom. The molecule has 0 radical (unpaired) electrons. The highest BCUT2D eigenvalue weighted by atomic mass is 28.4. The molecule has 0 spiro atoms. The molecule has 18 nitrogen and oxygen atoms in total. The number of hydrogen-bond acceptors (Lipinski definition) is 15. The molecule has 2 N–H and O–H groups in total. The predicted octanol–water partition coefficient (Wildman–Crippen LogP) is 5.11. The van der Waals surface area contributed by atoms with Crippen LogP contribution in [0.5, 0.6) is 0 Å². The largest absolute Gasteiger partial charge is 0.463 e. The number of nitrogens with zero attached hydrogens (tertiary/aromatic N) is 4. The summed E-state index contributed by atoms with van der Waals surface area (Å²) in [6.45, 7) is 14.3. The summed E-state index contributed by atoms with van der Waals surface area (Å²) in [6.07, 6.45) is 0.717. The predicted molar refractivity (Wildman–Crippen MR) is 200 cm³/mol. The van der Waals surface area contributed by atoms with Gasteiger partial charge >= 0.3 is 30.1 Å². The molecule has 2 aromatic heterocycles. The minimum atomic E-state index is -2.63. The Hall–Kier alpha value is -4.80. The number of esters is 3. The Kier molecular flexibility index (Phi) is 14.5. The molecule has 1 aliphatic heterocycles. The summed E-state index contributed by atoms with van der Waals surface area (Å²) in [5, 5.41) is 20.5. The number of carbonyl (C=O) groups is 5. The van der Waals surface area contributed by atoms with Crippen LogP contribution >= 0.6 is 0 Å². The van der Waals surface area contributed by atoms with Crippen LogP contribution in [0.4, 0.5) is 15.4 Å². The molecule has 56 heavy (non-hydrogen) atoms. The second kappa shape index (κ2) is 18.4. The molecule has 19 heteroatoms. The lowest BCUT2D eigenvalue weighted by molar-refractivity contribution is -0.163. The van der Waals surface area contributed by atoms with Crippen LogP contribution in [0.25, 0.3) is 5.52 Å². The monoisotopic (exact) mass is 802 g/mol. The van der Waals surface area contributed by atoms with E-state index in [1.54, 1.807) is 34.6 Å². The molecular formula is C37H54N6O12Si. The van der Waals surface area contributed by atoms with Crippen molar-refractivity contribution in [2.75, 3.05) is 18.7 Å². The van der Waals surface area contributed by atoms with Gasteiger partial charge in [-0.25, -0.2) is 23.9 Å². The number of aromatic nitrogens is 3. The van der Waals surface area contributed by atoms with Crippen molar-refractivity contribution in [3.63, 3.8) is 0 Å². The maximum absolute atomic E-state index is 14.1. The van der Waals surface area contributed by atoms with Gasteiger partial charge in [0, 0.05) is 13.3 Å². The summed E-state index contributed by atoms with van der Waals surface area (Å²) in [6, 6.07) is 4.13. The van der Waals surface area contributed by atoms with Crippen molar-refractivity contribution in [1.29, 1.82) is 5.26 Å². The fourth-order valence-corrected chi connectivity index (χ4v) is 7.62. The van der Waals surface area contributed by atoms with Gasteiger partial charge < -0.3 is 38.2 Å². The molecule has 2 aliphatic rings. The summed E-state index contributed by atoms with van der Waals surface area (Å²) in [5.41, 5.74) is -2.53. The minimum Gasteiger partial charge on any atom is -0.463 e. The van der Waals surface area contributed by atoms with Gasteiger partial charge in [-0.05, 0) is 77.2 Å². The third-order valence-electron chi connectivity index (χ3n) is 8.99. The zero-order valence-electron chi connectivity index (χ0n) is 33.5. The van der Waals surface area contributed by atoms with Crippen LogP contribution in [0.15, 0.2) is 18.5 Å². The molecule has 1 saturated heterocycles. The summed E-state index contributed by atoms with van der Waals surface area (Å²) in [7, 11) is -2.63. The van der Waals surface area contributed by atoms with E-state index in [9.17, 15) is 29.2 Å². The van der Waals surface area contributed by atoms with E-state index in [1.165, 1.54) is 16.6 Å². The fourth-order valence-electron chi connectivity index (χ4n) is 6.56. The lowest BCUT2D eigenvalue weighted by atomic mass is 9.87. The smallest absolute Gasteiger partial charge is 0.415 e. The van der Waals surface area contributed by atoms with Crippen molar-refractivity contribution in [1.82, 2.24) is 19.9 Å². The Bertz CT molecular complexity index is 1780. The van der Waals surface area contributed by atoms with Gasteiger partial charge in [0.1, 0.15) is 48.4 Å². The maximum Gasteiger partial charge on any atom is 0.415 e. The van der Waals surface area contributed by atoms with Crippen LogP contribution in [0.3, 0.4) is 0 Å². The van der Waals surface area contributed by atoms with Crippen LogP contribution in [-0.4, -0.2) is 96.4 Å². The second-order valence-electron chi connectivity index (χ2n) is 16.3. The summed E-state index contributed by atoms with van der Waals surface area (Å²) < 4.78 is 41.5. The van der Waals surface area contributed by atoms with E-state index in [2.05, 4.69) is 31.5 Å². The number of rotatable bonds is 14. The third kappa shape index (κ3) is 11.6. The van der Waals surface area contributed by atoms with Crippen molar-refractivity contribution in [3.05, 3.63) is 24.2 Å². The first-order valence-electron chi connectivity index (χ1n) is 18.8. The summed E-state index contributed by atoms with van der Waals surface area (Å²) >= 11 is 0. The number of hydrogen-bond donors (Lipinski definition) is 2. The SMILES string of the molecule is CC(=O)OCOC(=O)Nc1ncnn2c([C@]3(C#N)O[C@H](COC(=O)CC4CCCCC4)[C@@H](OC(=O)[C@@H](NC(=O)OC(C)(C)C)C(C)C)C3O[Si](C)(C)C)ccc12. The molecule has 2 amide bonds. The quantitative estimate of drug-likeness (QED) is 0.109. The van der Waals surface area contributed by atoms with E-state index < -0.39 is 86.7 Å². The molecule has 0 aromatic carbocycles. The molecular weight excluding hydrogens is 749 g/mol. The standard InChI is InChI=1S/C37H54N6O12Si/c1-22(2)29(41-35(48)54-36(4,5)6)33(46)52-30-26(18-49-28(45)17-24-13-11-10-12-14-24)53-37(19-38,31(30)55-56(7,8)9)27-16-15-25-32(39-20-40-43(25)27)42-34(47)51-21-50-23(3)44/h15-16,20,22,24,26,29-31H,10-14,17-18,21H2,1-9H3,(H,41,48)(H,39,40,42,47)/t26-,29+,30-,31?,37+/m1/s1. The molecule has 0 bridgehead atoms. The fraction of sp³-hybridized carbons (Fsp3) is 0.676. The first-order valence-corrected chi connectivity index (χ1v) is 22.2. The number of alkyl carbamates (subject to hydrolysis) is 1. The third-order valence-corrected chi connectivity index (χ3v) is 9.95. The molecule has 2 fully saturated rings. The summed E-state index contributed by atoms with van der Waals surface area (Å²) in [5.74, 6) is -2.23. The van der Waals surface area contributed by atoms with Gasteiger partial charge in [-0.1, -0.05) is 33.1 Å². The number of ether oxygens (including phenoxy) is 6. The van der Waals surface area contributed by atoms with Crippen molar-refractivity contribution < 1.29 is 56.8 Å². The Balaban J connectivity index is 1.74. The maximum atomic E-state index is 14.1. The number of nitriles is 1. The lowest BCUT2D eigenvalue weighted by Gasteiger charge is -2.34. The summed E-state index contributed by atoms with van der Waals surface area (Å²) in [4.78, 5) is 67.8. The van der Waals surface area contributed by atoms with Crippen LogP contribution in [0, 0.1) is 23.2 Å². The van der Waals surface area contributed by atoms with Gasteiger partial charge in [-0.3, -0.25) is 14.9 Å². The zero-order chi connectivity index (χ0) is 41.4. The van der Waals surface area contributed by atoms with E-state index in [0.29, 0.717) is 0 Å². The molecule has 1 unspecified atom stereocenters. The highest BCUT2D eigenvalue weighted by Gasteiger charge is 2.62. The van der Waals surface area contributed by atoms with Crippen LogP contribution in [0.2, 0.25) is 19.6 Å². The van der Waals surface area contributed by atoms with Crippen molar-refractivity contribution in [3.8, 4) is 6.07 Å². The highest BCUT2D eigenvalue weighted by molar-refractivity contribution is 6.69. The van der Waals surface area contributed by atoms with E-state index in [4.69, 9.17) is 28.1 Å². The Morgan fingerprint density at radius 1 is 1.05 bits per heavy atom. The van der Waals surface area contributed by atoms with Gasteiger partial charge in [-0.15, -0.1) is 0 Å². The molecule has 4 rings (SSSR count). The number of nitrogens with one attached hydrogen (secondary N) is 2. The first-order chi connectivity index (χ1) is 26.2. The lowest BCUT2D eigenvalue weighted by Crippen LogP contribution is -2.53. The molecule has 308 valence electrons. The topological polar surface area (TPSA) is 228 Å². The van der Waals surface area contributed by atoms with Crippen LogP contribution < -0.4 is 10.6 Å². The zero-order valence-corrected chi connectivity index (χ0v) is 34.5. The number of anilines is 1. The minimum absolute atomic E-state index is 0.0167. The highest BCUT2D eigenvalue weighted by Crippen LogP contribution is 2.45. The van der Waals surface area contributed by atoms with Gasteiger partial charge in [0.25, 0.3) is 0 Å². The molecule has 1 aliphatic carbocycles. The molecule has 3 heterocycles. The van der Waals surface area contributed by atoms with Gasteiger partial charge in [-0.2, -0.15) is 10.4 Å². The van der Waals surface area contributed by atoms with E-state index in [0.717, 1.165) is 45.4 Å². The normalized spacial score (nSPS) is 22.1. The number of fused-ring (bicyclic) bond motifs is 1. The van der Waals surface area contributed by atoms with E-state index >= 15 is 0 Å². The van der Waals surface area contributed by atoms with Gasteiger partial charge in [0.05, 0.1) is 5.69 Å². The van der Waals surface area contributed by atoms with Crippen molar-refractivity contribution >= 4 is 49.7 Å². The molecule has 1 saturated carbocycles. The average molecular weight is 803 g/mol. The van der Waals surface area contributed by atoms with E-state index in [-0.39, 0.29) is 36.0 Å². The van der Waals surface area contributed by atoms with E-state index in [1.807, 2.05) is 19.6 Å². The van der Waals surface area contributed by atoms with Gasteiger partial charge in [0.15, 0.2) is 20.2 Å². The Labute approximate surface area is 327 Å². The van der Waals surface area contributed by atoms with Crippen molar-refractivity contribution in [2.45, 2.75) is 135 Å². The Morgan fingerprint density at radius 3 is 2.36 bits per heavy atom.